The zero-order valence-electron chi connectivity index (χ0n) is 18.9. The number of unbranched alkanes of at least 4 members (excludes halogenated alkanes) is 2. The maximum Gasteiger partial charge on any atom is 0.326 e. The van der Waals surface area contributed by atoms with E-state index in [-0.39, 0.29) is 12.8 Å². The van der Waals surface area contributed by atoms with Crippen molar-refractivity contribution < 1.29 is 19.5 Å². The number of rotatable bonds is 15. The molecular weight excluding hydrogens is 424 g/mol. The van der Waals surface area contributed by atoms with Gasteiger partial charge >= 0.3 is 5.97 Å². The van der Waals surface area contributed by atoms with E-state index in [1.54, 1.807) is 6.20 Å². The Kier molecular flexibility index (Phi) is 10.8. The number of aromatic nitrogens is 1. The summed E-state index contributed by atoms with van der Waals surface area (Å²) in [6.45, 7) is 0.961. The fourth-order valence-corrected chi connectivity index (χ4v) is 3.67. The maximum atomic E-state index is 13.1. The number of aliphatic carboxylic acids is 1. The van der Waals surface area contributed by atoms with Gasteiger partial charge in [-0.05, 0) is 56.8 Å². The predicted octanol–water partition coefficient (Wildman–Crippen LogP) is 0.350. The van der Waals surface area contributed by atoms with Gasteiger partial charge in [0.2, 0.25) is 11.8 Å². The quantitative estimate of drug-likeness (QED) is 0.187. The monoisotopic (exact) mass is 460 g/mol. The first-order valence-corrected chi connectivity index (χ1v) is 11.4. The lowest BCUT2D eigenvalue weighted by molar-refractivity contribution is -0.142. The molecule has 0 radical (unpaired) electrons. The van der Waals surface area contributed by atoms with E-state index < -0.39 is 35.9 Å². The third-order valence-corrected chi connectivity index (χ3v) is 5.60. The van der Waals surface area contributed by atoms with Crippen LogP contribution >= 0.6 is 0 Å². The van der Waals surface area contributed by atoms with Crippen molar-refractivity contribution in [1.82, 2.24) is 15.6 Å². The second-order valence-corrected chi connectivity index (χ2v) is 8.20. The zero-order chi connectivity index (χ0) is 24.2. The van der Waals surface area contributed by atoms with Gasteiger partial charge in [0.25, 0.3) is 0 Å². The molecular formula is C23H36N6O4. The Balaban J connectivity index is 2.17. The Hall–Kier alpha value is -2.95. The van der Waals surface area contributed by atoms with E-state index in [1.165, 1.54) is 0 Å². The highest BCUT2D eigenvalue weighted by Crippen LogP contribution is 2.19. The van der Waals surface area contributed by atoms with Crippen LogP contribution in [0.25, 0.3) is 10.9 Å². The average Bonchev–Trinajstić information content (AvgIpc) is 3.20. The molecule has 1 aromatic heterocycles. The Morgan fingerprint density at radius 3 is 2.21 bits per heavy atom. The number of para-hydroxylation sites is 1. The molecule has 1 aromatic carbocycles. The molecule has 0 aliphatic carbocycles. The predicted molar refractivity (Wildman–Crippen MR) is 127 cm³/mol. The van der Waals surface area contributed by atoms with E-state index in [0.29, 0.717) is 38.8 Å². The largest absolute Gasteiger partial charge is 0.480 e. The third-order valence-electron chi connectivity index (χ3n) is 5.60. The molecule has 0 aliphatic rings. The van der Waals surface area contributed by atoms with E-state index in [1.807, 2.05) is 24.3 Å². The SMILES string of the molecule is NCCCC[C@H](N)C(=O)N[C@@H](Cc1c[nH]c2ccccc12)C(=O)N[C@H](CCCCN)C(=O)O. The number of hydrogen-bond donors (Lipinski definition) is 7. The van der Waals surface area contributed by atoms with Crippen molar-refractivity contribution in [3.05, 3.63) is 36.0 Å². The van der Waals surface area contributed by atoms with Crippen molar-refractivity contribution >= 4 is 28.7 Å². The minimum absolute atomic E-state index is 0.187. The van der Waals surface area contributed by atoms with Gasteiger partial charge in [0, 0.05) is 23.5 Å². The van der Waals surface area contributed by atoms with Crippen LogP contribution in [0.2, 0.25) is 0 Å². The molecule has 0 bridgehead atoms. The molecule has 0 aliphatic heterocycles. The van der Waals surface area contributed by atoms with Crippen molar-refractivity contribution in [3.63, 3.8) is 0 Å². The lowest BCUT2D eigenvalue weighted by Gasteiger charge is -2.23. The summed E-state index contributed by atoms with van der Waals surface area (Å²) in [5.41, 5.74) is 18.7. The lowest BCUT2D eigenvalue weighted by Crippen LogP contribution is -2.55. The molecule has 0 unspecified atom stereocenters. The summed E-state index contributed by atoms with van der Waals surface area (Å²) >= 11 is 0. The number of amides is 2. The topological polar surface area (TPSA) is 189 Å². The summed E-state index contributed by atoms with van der Waals surface area (Å²) in [6.07, 6.45) is 5.36. The number of nitrogens with two attached hydrogens (primary N) is 3. The molecule has 182 valence electrons. The standard InChI is InChI=1S/C23H36N6O4/c24-11-5-3-8-17(26)21(30)29-20(13-15-14-27-18-9-2-1-7-16(15)18)22(31)28-19(23(32)33)10-4-6-12-25/h1-2,7,9,14,17,19-20,27H,3-6,8,10-13,24-26H2,(H,28,31)(H,29,30)(H,32,33)/t17-,19+,20-/m0/s1. The van der Waals surface area contributed by atoms with Crippen LogP contribution in [0, 0.1) is 0 Å². The molecule has 10 heteroatoms. The molecule has 2 aromatic rings. The van der Waals surface area contributed by atoms with Gasteiger partial charge in [-0.2, -0.15) is 0 Å². The van der Waals surface area contributed by atoms with Gasteiger partial charge in [-0.3, -0.25) is 9.59 Å². The minimum Gasteiger partial charge on any atom is -0.480 e. The van der Waals surface area contributed by atoms with Crippen molar-refractivity contribution in [2.24, 2.45) is 17.2 Å². The molecule has 10 N–H and O–H groups in total. The number of aromatic amines is 1. The summed E-state index contributed by atoms with van der Waals surface area (Å²) in [4.78, 5) is 40.6. The Morgan fingerprint density at radius 1 is 0.909 bits per heavy atom. The minimum atomic E-state index is -1.13. The van der Waals surface area contributed by atoms with Crippen LogP contribution in [0.5, 0.6) is 0 Å². The molecule has 3 atom stereocenters. The highest BCUT2D eigenvalue weighted by Gasteiger charge is 2.28. The van der Waals surface area contributed by atoms with Gasteiger partial charge in [0.1, 0.15) is 12.1 Å². The van der Waals surface area contributed by atoms with E-state index in [0.717, 1.165) is 22.9 Å². The Labute approximate surface area is 193 Å². The second kappa shape index (κ2) is 13.6. The fourth-order valence-electron chi connectivity index (χ4n) is 3.67. The van der Waals surface area contributed by atoms with Gasteiger partial charge in [0.15, 0.2) is 0 Å². The first-order valence-electron chi connectivity index (χ1n) is 11.4. The molecule has 0 spiro atoms. The van der Waals surface area contributed by atoms with Crippen molar-refractivity contribution in [2.75, 3.05) is 13.1 Å². The highest BCUT2D eigenvalue weighted by molar-refractivity contribution is 5.92. The van der Waals surface area contributed by atoms with Crippen LogP contribution < -0.4 is 27.8 Å². The van der Waals surface area contributed by atoms with Crippen molar-refractivity contribution in [2.45, 2.75) is 63.1 Å². The number of benzene rings is 1. The smallest absolute Gasteiger partial charge is 0.326 e. The number of H-pyrrole nitrogens is 1. The van der Waals surface area contributed by atoms with Crippen LogP contribution in [-0.2, 0) is 20.8 Å². The maximum absolute atomic E-state index is 13.1. The summed E-state index contributed by atoms with van der Waals surface area (Å²) in [5.74, 6) is -2.15. The number of carbonyl (C=O) groups excluding carboxylic acids is 2. The van der Waals surface area contributed by atoms with E-state index in [4.69, 9.17) is 17.2 Å². The Morgan fingerprint density at radius 2 is 1.55 bits per heavy atom. The van der Waals surface area contributed by atoms with E-state index >= 15 is 0 Å². The van der Waals surface area contributed by atoms with E-state index in [2.05, 4.69) is 15.6 Å². The third kappa shape index (κ3) is 8.16. The number of hydrogen-bond acceptors (Lipinski definition) is 6. The number of carboxylic acid groups (broad SMARTS) is 1. The molecule has 0 saturated heterocycles. The summed E-state index contributed by atoms with van der Waals surface area (Å²) in [6, 6.07) is 4.79. The average molecular weight is 461 g/mol. The highest BCUT2D eigenvalue weighted by atomic mass is 16.4. The molecule has 0 saturated carbocycles. The summed E-state index contributed by atoms with van der Waals surface area (Å²) in [5, 5.41) is 15.7. The lowest BCUT2D eigenvalue weighted by atomic mass is 10.0. The van der Waals surface area contributed by atoms with Gasteiger partial charge in [-0.15, -0.1) is 0 Å². The molecule has 0 fully saturated rings. The van der Waals surface area contributed by atoms with Crippen LogP contribution in [0.4, 0.5) is 0 Å². The van der Waals surface area contributed by atoms with Crippen LogP contribution in [0.3, 0.4) is 0 Å². The number of carbonyl (C=O) groups is 3. The van der Waals surface area contributed by atoms with E-state index in [9.17, 15) is 19.5 Å². The molecule has 2 rings (SSSR count). The molecule has 2 amide bonds. The zero-order valence-corrected chi connectivity index (χ0v) is 18.9. The molecule has 10 nitrogen and oxygen atoms in total. The first-order chi connectivity index (χ1) is 15.9. The number of nitrogens with one attached hydrogen (secondary N) is 3. The van der Waals surface area contributed by atoms with Gasteiger partial charge in [-0.1, -0.05) is 24.6 Å². The summed E-state index contributed by atoms with van der Waals surface area (Å²) < 4.78 is 0. The van der Waals surface area contributed by atoms with Gasteiger partial charge in [-0.25, -0.2) is 4.79 Å². The number of carboxylic acids is 1. The fraction of sp³-hybridized carbons (Fsp3) is 0.522. The normalized spacial score (nSPS) is 13.9. The first kappa shape index (κ1) is 26.3. The van der Waals surface area contributed by atoms with Gasteiger partial charge < -0.3 is 37.9 Å². The second-order valence-electron chi connectivity index (χ2n) is 8.20. The van der Waals surface area contributed by atoms with Crippen LogP contribution in [0.15, 0.2) is 30.5 Å². The number of fused-ring (bicyclic) bond motifs is 1. The van der Waals surface area contributed by atoms with Crippen LogP contribution in [0.1, 0.15) is 44.1 Å². The van der Waals surface area contributed by atoms with Crippen molar-refractivity contribution in [3.8, 4) is 0 Å². The van der Waals surface area contributed by atoms with Crippen LogP contribution in [-0.4, -0.2) is 59.1 Å². The molecule has 33 heavy (non-hydrogen) atoms. The van der Waals surface area contributed by atoms with Gasteiger partial charge in [0.05, 0.1) is 6.04 Å². The Bertz CT molecular complexity index is 915. The summed E-state index contributed by atoms with van der Waals surface area (Å²) in [7, 11) is 0. The van der Waals surface area contributed by atoms with Crippen molar-refractivity contribution in [1.29, 1.82) is 0 Å². The molecule has 1 heterocycles.